The van der Waals surface area contributed by atoms with Crippen molar-refractivity contribution < 1.29 is 19.2 Å². The molecule has 7 nitrogen and oxygen atoms in total. The van der Waals surface area contributed by atoms with E-state index in [1.807, 2.05) is 20.8 Å². The number of hydrogen-bond acceptors (Lipinski definition) is 5. The third kappa shape index (κ3) is 5.07. The summed E-state index contributed by atoms with van der Waals surface area (Å²) < 4.78 is 4.68. The van der Waals surface area contributed by atoms with Crippen molar-refractivity contribution in [2.24, 2.45) is 11.3 Å². The van der Waals surface area contributed by atoms with Gasteiger partial charge in [0.15, 0.2) is 0 Å². The highest BCUT2D eigenvalue weighted by molar-refractivity contribution is 5.90. The van der Waals surface area contributed by atoms with Crippen molar-refractivity contribution in [2.75, 3.05) is 6.54 Å². The Morgan fingerprint density at radius 1 is 1.42 bits per heavy atom. The number of carbonyl (C=O) groups is 2. The summed E-state index contributed by atoms with van der Waals surface area (Å²) in [4.78, 5) is 26.6. The van der Waals surface area contributed by atoms with Crippen molar-refractivity contribution in [3.05, 3.63) is 11.7 Å². The molecule has 0 saturated carbocycles. The lowest BCUT2D eigenvalue weighted by atomic mass is 9.84. The van der Waals surface area contributed by atoms with Gasteiger partial charge in [-0.05, 0) is 11.8 Å². The molecule has 1 unspecified atom stereocenters. The number of amides is 1. The van der Waals surface area contributed by atoms with Gasteiger partial charge in [0.1, 0.15) is 0 Å². The Bertz CT molecular complexity index is 462. The summed E-state index contributed by atoms with van der Waals surface area (Å²) in [5.74, 6) is -1.90. The van der Waals surface area contributed by atoms with Crippen molar-refractivity contribution >= 4 is 11.9 Å². The van der Waals surface area contributed by atoms with Crippen LogP contribution in [0.1, 0.15) is 43.7 Å². The number of carboxylic acid groups (broad SMARTS) is 1. The van der Waals surface area contributed by atoms with E-state index in [2.05, 4.69) is 20.0 Å². The molecular formula is C12H19N3O4. The number of carbonyl (C=O) groups excluding carboxylic acids is 1. The molecule has 0 bridgehead atoms. The van der Waals surface area contributed by atoms with Gasteiger partial charge in [0.2, 0.25) is 5.89 Å². The summed E-state index contributed by atoms with van der Waals surface area (Å²) >= 11 is 0. The van der Waals surface area contributed by atoms with E-state index in [0.717, 1.165) is 0 Å². The Balaban J connectivity index is 2.57. The lowest BCUT2D eigenvalue weighted by molar-refractivity contribution is -0.142. The second-order valence-corrected chi connectivity index (χ2v) is 5.65. The molecule has 1 aromatic heterocycles. The van der Waals surface area contributed by atoms with Gasteiger partial charge in [-0.1, -0.05) is 25.9 Å². The fourth-order valence-corrected chi connectivity index (χ4v) is 1.67. The number of hydrogen-bond donors (Lipinski definition) is 2. The van der Waals surface area contributed by atoms with E-state index in [1.165, 1.54) is 0 Å². The quantitative estimate of drug-likeness (QED) is 0.833. The van der Waals surface area contributed by atoms with Crippen molar-refractivity contribution in [1.82, 2.24) is 15.5 Å². The zero-order valence-electron chi connectivity index (χ0n) is 11.6. The van der Waals surface area contributed by atoms with Gasteiger partial charge in [-0.2, -0.15) is 4.98 Å². The largest absolute Gasteiger partial charge is 0.481 e. The smallest absolute Gasteiger partial charge is 0.308 e. The Morgan fingerprint density at radius 3 is 2.47 bits per heavy atom. The molecule has 7 heteroatoms. The molecule has 1 rings (SSSR count). The molecule has 1 heterocycles. The van der Waals surface area contributed by atoms with E-state index in [1.54, 1.807) is 6.92 Å². The van der Waals surface area contributed by atoms with Gasteiger partial charge in [0, 0.05) is 13.5 Å². The molecule has 0 saturated heterocycles. The molecule has 1 atom stereocenters. The zero-order valence-corrected chi connectivity index (χ0v) is 11.6. The fourth-order valence-electron chi connectivity index (χ4n) is 1.67. The number of aromatic nitrogens is 2. The molecule has 0 aromatic carbocycles. The maximum absolute atomic E-state index is 11.7. The average Bonchev–Trinajstić information content (AvgIpc) is 2.68. The standard InChI is InChI=1S/C12H19N3O4/c1-7-14-9(15-19-7)10(16)13-6-8(11(17)18)5-12(2,3)4/h8H,5-6H2,1-4H3,(H,13,16)(H,17,18). The topological polar surface area (TPSA) is 105 Å². The fraction of sp³-hybridized carbons (Fsp3) is 0.667. The van der Waals surface area contributed by atoms with Gasteiger partial charge >= 0.3 is 5.97 Å². The van der Waals surface area contributed by atoms with Crippen LogP contribution in [-0.2, 0) is 4.79 Å². The van der Waals surface area contributed by atoms with Gasteiger partial charge in [0.25, 0.3) is 11.7 Å². The average molecular weight is 269 g/mol. The highest BCUT2D eigenvalue weighted by atomic mass is 16.5. The molecule has 1 amide bonds. The van der Waals surface area contributed by atoms with Crippen LogP contribution in [0, 0.1) is 18.3 Å². The van der Waals surface area contributed by atoms with Gasteiger partial charge in [-0.15, -0.1) is 0 Å². The third-order valence-electron chi connectivity index (χ3n) is 2.45. The SMILES string of the molecule is Cc1nc(C(=O)NCC(CC(C)(C)C)C(=O)O)no1. The first-order valence-electron chi connectivity index (χ1n) is 6.00. The van der Waals surface area contributed by atoms with Crippen molar-refractivity contribution in [3.8, 4) is 0 Å². The first-order valence-corrected chi connectivity index (χ1v) is 6.00. The van der Waals surface area contributed by atoms with Gasteiger partial charge in [0.05, 0.1) is 5.92 Å². The lowest BCUT2D eigenvalue weighted by Crippen LogP contribution is -2.35. The van der Waals surface area contributed by atoms with Gasteiger partial charge in [-0.3, -0.25) is 9.59 Å². The molecule has 0 aliphatic rings. The van der Waals surface area contributed by atoms with Crippen LogP contribution in [0.15, 0.2) is 4.52 Å². The second kappa shape index (κ2) is 5.81. The molecule has 0 aliphatic heterocycles. The summed E-state index contributed by atoms with van der Waals surface area (Å²) in [5.41, 5.74) is -0.128. The summed E-state index contributed by atoms with van der Waals surface area (Å²) in [5, 5.41) is 15.1. The summed E-state index contributed by atoms with van der Waals surface area (Å²) in [7, 11) is 0. The normalized spacial score (nSPS) is 13.1. The van der Waals surface area contributed by atoms with Crippen LogP contribution in [0.5, 0.6) is 0 Å². The molecule has 0 aliphatic carbocycles. The second-order valence-electron chi connectivity index (χ2n) is 5.65. The minimum Gasteiger partial charge on any atom is -0.481 e. The molecule has 2 N–H and O–H groups in total. The number of rotatable bonds is 5. The zero-order chi connectivity index (χ0) is 14.6. The predicted molar refractivity (Wildman–Crippen MR) is 66.6 cm³/mol. The van der Waals surface area contributed by atoms with Gasteiger partial charge < -0.3 is 14.9 Å². The maximum Gasteiger partial charge on any atom is 0.308 e. The van der Waals surface area contributed by atoms with Crippen molar-refractivity contribution in [3.63, 3.8) is 0 Å². The predicted octanol–water partition coefficient (Wildman–Crippen LogP) is 1.24. The molecule has 19 heavy (non-hydrogen) atoms. The van der Waals surface area contributed by atoms with Crippen LogP contribution < -0.4 is 5.32 Å². The number of aryl methyl sites for hydroxylation is 1. The Hall–Kier alpha value is -1.92. The van der Waals surface area contributed by atoms with E-state index in [-0.39, 0.29) is 23.7 Å². The number of aliphatic carboxylic acids is 1. The summed E-state index contributed by atoms with van der Waals surface area (Å²) in [6, 6.07) is 0. The van der Waals surface area contributed by atoms with Crippen molar-refractivity contribution in [2.45, 2.75) is 34.1 Å². The summed E-state index contributed by atoms with van der Waals surface area (Å²) in [6.07, 6.45) is 0.466. The van der Waals surface area contributed by atoms with Crippen LogP contribution in [0.3, 0.4) is 0 Å². The van der Waals surface area contributed by atoms with E-state index in [9.17, 15) is 9.59 Å². The van der Waals surface area contributed by atoms with E-state index >= 15 is 0 Å². The third-order valence-corrected chi connectivity index (χ3v) is 2.45. The van der Waals surface area contributed by atoms with Gasteiger partial charge in [-0.25, -0.2) is 0 Å². The molecule has 1 aromatic rings. The van der Waals surface area contributed by atoms with Crippen LogP contribution in [0.4, 0.5) is 0 Å². The molecular weight excluding hydrogens is 250 g/mol. The first-order chi connectivity index (χ1) is 8.69. The van der Waals surface area contributed by atoms with Crippen LogP contribution >= 0.6 is 0 Å². The van der Waals surface area contributed by atoms with Crippen LogP contribution in [0.25, 0.3) is 0 Å². The number of nitrogens with zero attached hydrogens (tertiary/aromatic N) is 2. The van der Waals surface area contributed by atoms with E-state index in [4.69, 9.17) is 5.11 Å². The van der Waals surface area contributed by atoms with Crippen LogP contribution in [-0.4, -0.2) is 33.7 Å². The highest BCUT2D eigenvalue weighted by Gasteiger charge is 2.25. The monoisotopic (exact) mass is 269 g/mol. The minimum absolute atomic E-state index is 0.0407. The number of carboxylic acids is 1. The Kier molecular flexibility index (Phi) is 4.63. The maximum atomic E-state index is 11.7. The minimum atomic E-state index is -0.931. The van der Waals surface area contributed by atoms with E-state index < -0.39 is 17.8 Å². The first kappa shape index (κ1) is 15.1. The Labute approximate surface area is 111 Å². The Morgan fingerprint density at radius 2 is 2.05 bits per heavy atom. The summed E-state index contributed by atoms with van der Waals surface area (Å²) in [6.45, 7) is 7.47. The lowest BCUT2D eigenvalue weighted by Gasteiger charge is -2.23. The van der Waals surface area contributed by atoms with Crippen LogP contribution in [0.2, 0.25) is 0 Å². The van der Waals surface area contributed by atoms with Crippen molar-refractivity contribution in [1.29, 1.82) is 0 Å². The van der Waals surface area contributed by atoms with E-state index in [0.29, 0.717) is 6.42 Å². The molecule has 106 valence electrons. The molecule has 0 radical (unpaired) electrons. The molecule has 0 spiro atoms. The molecule has 0 fully saturated rings. The highest BCUT2D eigenvalue weighted by Crippen LogP contribution is 2.24. The number of nitrogens with one attached hydrogen (secondary N) is 1.